The van der Waals surface area contributed by atoms with Gasteiger partial charge in [-0.3, -0.25) is 4.79 Å². The molecule has 1 spiro atoms. The fourth-order valence-electron chi connectivity index (χ4n) is 11.9. The maximum Gasteiger partial charge on any atom is 0.309 e. The Morgan fingerprint density at radius 1 is 0.794 bits per heavy atom. The lowest BCUT2D eigenvalue weighted by Gasteiger charge is -2.74. The van der Waals surface area contributed by atoms with E-state index in [9.17, 15) is 15.0 Å². The Kier molecular flexibility index (Phi) is 4.63. The number of ether oxygens (including phenoxy) is 1. The number of carboxylic acids is 1. The molecule has 1 heterocycles. The molecule has 4 nitrogen and oxygen atoms in total. The van der Waals surface area contributed by atoms with Gasteiger partial charge in [0.1, 0.15) is 0 Å². The first-order valence-electron chi connectivity index (χ1n) is 14.3. The second kappa shape index (κ2) is 6.63. The van der Waals surface area contributed by atoms with Gasteiger partial charge in [-0.15, -0.1) is 0 Å². The van der Waals surface area contributed by atoms with E-state index in [4.69, 9.17) is 4.74 Å². The van der Waals surface area contributed by atoms with Crippen molar-refractivity contribution in [2.45, 2.75) is 118 Å². The number of carbonyl (C=O) groups is 1. The molecule has 0 aromatic rings. The first kappa shape index (κ1) is 23.8. The SMILES string of the molecule is CC1[C@@]23CCC4[C@@](C)(CC[C@@]5(C)C6C[C@](C)(C(=O)O)CC[C@]6(C)CC[C@]45C)C2CC[C@]1(O)OC3. The van der Waals surface area contributed by atoms with E-state index in [0.717, 1.165) is 38.7 Å². The highest BCUT2D eigenvalue weighted by Gasteiger charge is 2.74. The van der Waals surface area contributed by atoms with Gasteiger partial charge >= 0.3 is 5.97 Å². The van der Waals surface area contributed by atoms with Gasteiger partial charge in [0, 0.05) is 17.8 Å². The number of hydrogen-bond acceptors (Lipinski definition) is 3. The van der Waals surface area contributed by atoms with Crippen LogP contribution in [0.4, 0.5) is 0 Å². The normalized spacial score (nSPS) is 62.7. The Balaban J connectivity index is 1.39. The van der Waals surface area contributed by atoms with Crippen molar-refractivity contribution in [2.24, 2.45) is 56.2 Å². The van der Waals surface area contributed by atoms with Crippen molar-refractivity contribution in [3.8, 4) is 0 Å². The molecule has 11 atom stereocenters. The van der Waals surface area contributed by atoms with Crippen molar-refractivity contribution in [2.75, 3.05) is 6.61 Å². The van der Waals surface area contributed by atoms with Gasteiger partial charge < -0.3 is 14.9 Å². The molecule has 0 amide bonds. The van der Waals surface area contributed by atoms with Crippen LogP contribution >= 0.6 is 0 Å². The summed E-state index contributed by atoms with van der Waals surface area (Å²) in [6.45, 7) is 15.3. The van der Waals surface area contributed by atoms with E-state index in [1.807, 2.05) is 6.92 Å². The molecule has 1 saturated heterocycles. The maximum absolute atomic E-state index is 12.3. The Hall–Kier alpha value is -0.610. The third kappa shape index (κ3) is 2.51. The summed E-state index contributed by atoms with van der Waals surface area (Å²) in [4.78, 5) is 12.3. The summed E-state index contributed by atoms with van der Waals surface area (Å²) in [7, 11) is 0. The molecule has 6 aliphatic rings. The number of fused-ring (bicyclic) bond motifs is 7. The van der Waals surface area contributed by atoms with Crippen LogP contribution in [0.2, 0.25) is 0 Å². The lowest BCUT2D eigenvalue weighted by Crippen LogP contribution is -2.68. The molecule has 5 saturated carbocycles. The van der Waals surface area contributed by atoms with Crippen molar-refractivity contribution in [3.63, 3.8) is 0 Å². The molecule has 0 radical (unpaired) electrons. The minimum absolute atomic E-state index is 0.137. The average Bonchev–Trinajstić information content (AvgIpc) is 2.92. The number of carboxylic acid groups (broad SMARTS) is 1. The summed E-state index contributed by atoms with van der Waals surface area (Å²) >= 11 is 0. The van der Waals surface area contributed by atoms with E-state index in [-0.39, 0.29) is 33.0 Å². The molecule has 6 rings (SSSR count). The third-order valence-corrected chi connectivity index (χ3v) is 14.6. The summed E-state index contributed by atoms with van der Waals surface area (Å²) in [5.41, 5.74) is 0.569. The zero-order valence-corrected chi connectivity index (χ0v) is 22.5. The van der Waals surface area contributed by atoms with Crippen molar-refractivity contribution >= 4 is 5.97 Å². The predicted molar refractivity (Wildman–Crippen MR) is 132 cm³/mol. The van der Waals surface area contributed by atoms with Crippen LogP contribution in [0, 0.1) is 56.2 Å². The lowest BCUT2D eigenvalue weighted by molar-refractivity contribution is -0.267. The Morgan fingerprint density at radius 3 is 2.12 bits per heavy atom. The molecular formula is C30H48O4. The maximum atomic E-state index is 12.3. The first-order chi connectivity index (χ1) is 15.7. The molecule has 6 fully saturated rings. The molecule has 192 valence electrons. The van der Waals surface area contributed by atoms with E-state index >= 15 is 0 Å². The first-order valence-corrected chi connectivity index (χ1v) is 14.3. The zero-order chi connectivity index (χ0) is 24.6. The Morgan fingerprint density at radius 2 is 1.41 bits per heavy atom. The van der Waals surface area contributed by atoms with Gasteiger partial charge in [0.2, 0.25) is 0 Å². The van der Waals surface area contributed by atoms with E-state index in [1.165, 1.54) is 38.5 Å². The third-order valence-electron chi connectivity index (χ3n) is 14.6. The van der Waals surface area contributed by atoms with Gasteiger partial charge in [-0.25, -0.2) is 0 Å². The smallest absolute Gasteiger partial charge is 0.309 e. The number of aliphatic hydroxyl groups is 1. The summed E-state index contributed by atoms with van der Waals surface area (Å²) < 4.78 is 6.14. The highest BCUT2D eigenvalue weighted by Crippen LogP contribution is 2.79. The van der Waals surface area contributed by atoms with E-state index < -0.39 is 17.2 Å². The molecule has 34 heavy (non-hydrogen) atoms. The molecule has 0 aromatic carbocycles. The second-order valence-corrected chi connectivity index (χ2v) is 15.4. The fourth-order valence-corrected chi connectivity index (χ4v) is 11.9. The van der Waals surface area contributed by atoms with E-state index in [2.05, 4.69) is 34.6 Å². The van der Waals surface area contributed by atoms with Crippen LogP contribution in [0.3, 0.4) is 0 Å². The quantitative estimate of drug-likeness (QED) is 0.448. The minimum Gasteiger partial charge on any atom is -0.481 e. The number of rotatable bonds is 1. The van der Waals surface area contributed by atoms with Crippen molar-refractivity contribution in [3.05, 3.63) is 0 Å². The predicted octanol–water partition coefficient (Wildman–Crippen LogP) is 6.65. The van der Waals surface area contributed by atoms with Gasteiger partial charge in [0.25, 0.3) is 0 Å². The van der Waals surface area contributed by atoms with E-state index in [1.54, 1.807) is 0 Å². The summed E-state index contributed by atoms with van der Waals surface area (Å²) in [6, 6.07) is 0. The topological polar surface area (TPSA) is 66.8 Å². The van der Waals surface area contributed by atoms with Crippen LogP contribution in [-0.4, -0.2) is 28.6 Å². The molecule has 2 N–H and O–H groups in total. The van der Waals surface area contributed by atoms with Crippen molar-refractivity contribution in [1.82, 2.24) is 0 Å². The van der Waals surface area contributed by atoms with Crippen LogP contribution in [0.25, 0.3) is 0 Å². The standard InChI is InChI=1S/C30H48O4/c1-19-29-9-7-20-26(4,21(29)8-10-30(19,33)34-18-29)14-16-28(6)22-17-25(3,23(31)32)12-11-24(22,2)13-15-27(20,28)5/h19-22,33H,7-18H2,1-6H3,(H,31,32)/t19?,20?,21?,22?,24-,25-,26-,27-,28+,29+,30+/m1/s1. The Bertz CT molecular complexity index is 917. The molecule has 4 unspecified atom stereocenters. The van der Waals surface area contributed by atoms with Gasteiger partial charge in [-0.05, 0) is 111 Å². The molecule has 1 aliphatic heterocycles. The van der Waals surface area contributed by atoms with Crippen LogP contribution in [-0.2, 0) is 9.53 Å². The van der Waals surface area contributed by atoms with Crippen molar-refractivity contribution in [1.29, 1.82) is 0 Å². The van der Waals surface area contributed by atoms with Gasteiger partial charge in [0.05, 0.1) is 12.0 Å². The summed E-state index contributed by atoms with van der Waals surface area (Å²) in [5, 5.41) is 21.3. The van der Waals surface area contributed by atoms with Gasteiger partial charge in [-0.2, -0.15) is 0 Å². The highest BCUT2D eigenvalue weighted by molar-refractivity contribution is 5.74. The number of aliphatic carboxylic acids is 1. The monoisotopic (exact) mass is 472 g/mol. The Labute approximate surface area is 206 Å². The molecule has 5 aliphatic carbocycles. The van der Waals surface area contributed by atoms with Crippen LogP contribution < -0.4 is 0 Å². The molecule has 0 aromatic heterocycles. The largest absolute Gasteiger partial charge is 0.481 e. The fraction of sp³-hybridized carbons (Fsp3) is 0.967. The molecule has 4 heteroatoms. The molecule has 2 bridgehead atoms. The van der Waals surface area contributed by atoms with Crippen LogP contribution in [0.5, 0.6) is 0 Å². The van der Waals surface area contributed by atoms with Gasteiger partial charge in [0.15, 0.2) is 5.79 Å². The van der Waals surface area contributed by atoms with Crippen LogP contribution in [0.15, 0.2) is 0 Å². The zero-order valence-electron chi connectivity index (χ0n) is 22.5. The molecular weight excluding hydrogens is 424 g/mol. The summed E-state index contributed by atoms with van der Waals surface area (Å²) in [6.07, 6.45) is 12.0. The highest BCUT2D eigenvalue weighted by atomic mass is 16.6. The van der Waals surface area contributed by atoms with Crippen LogP contribution in [0.1, 0.15) is 112 Å². The second-order valence-electron chi connectivity index (χ2n) is 15.4. The number of hydrogen-bond donors (Lipinski definition) is 2. The lowest BCUT2D eigenvalue weighted by atomic mass is 9.30. The van der Waals surface area contributed by atoms with E-state index in [0.29, 0.717) is 17.8 Å². The van der Waals surface area contributed by atoms with Crippen molar-refractivity contribution < 1.29 is 19.7 Å². The summed E-state index contributed by atoms with van der Waals surface area (Å²) in [5.74, 6) is 0.525. The average molecular weight is 473 g/mol. The van der Waals surface area contributed by atoms with Gasteiger partial charge in [-0.1, -0.05) is 34.6 Å². The minimum atomic E-state index is -0.900.